The van der Waals surface area contributed by atoms with Crippen molar-refractivity contribution < 1.29 is 126 Å². The minimum absolute atomic E-state index is 0.0125. The summed E-state index contributed by atoms with van der Waals surface area (Å²) in [5.74, 6) is -13.4. The lowest BCUT2D eigenvalue weighted by molar-refractivity contribution is -0.138. The van der Waals surface area contributed by atoms with Gasteiger partial charge < -0.3 is 43.1 Å². The van der Waals surface area contributed by atoms with Crippen molar-refractivity contribution >= 4 is 53.0 Å². The van der Waals surface area contributed by atoms with Gasteiger partial charge in [0.2, 0.25) is 17.7 Å². The summed E-state index contributed by atoms with van der Waals surface area (Å²) in [5, 5.41) is -2.72. The fourth-order valence-corrected chi connectivity index (χ4v) is 16.2. The topological polar surface area (TPSA) is 175 Å². The summed E-state index contributed by atoms with van der Waals surface area (Å²) >= 11 is 0.166. The highest BCUT2D eigenvalue weighted by Gasteiger charge is 2.36. The largest absolute Gasteiger partial charge is 0.416 e. The van der Waals surface area contributed by atoms with E-state index in [1.54, 1.807) is 56.2 Å². The summed E-state index contributed by atoms with van der Waals surface area (Å²) in [5.41, 5.74) is -28.4. The molecule has 3 aromatic heterocycles. The second-order valence-corrected chi connectivity index (χ2v) is 33.8. The zero-order valence-corrected chi connectivity index (χ0v) is 80.7. The van der Waals surface area contributed by atoms with Crippen molar-refractivity contribution in [1.82, 2.24) is 58.1 Å². The van der Waals surface area contributed by atoms with Crippen LogP contribution in [0.3, 0.4) is 0 Å². The van der Waals surface area contributed by atoms with Crippen molar-refractivity contribution in [2.75, 3.05) is 78.5 Å². The molecule has 3 aliphatic carbocycles. The first kappa shape index (κ1) is 64.9. The van der Waals surface area contributed by atoms with Crippen LogP contribution in [0, 0.1) is 36.2 Å². The molecule has 0 radical (unpaired) electrons. The number of fused-ring (bicyclic) bond motifs is 3. The maximum absolute atomic E-state index is 15.1. The van der Waals surface area contributed by atoms with E-state index in [-0.39, 0.29) is 128 Å². The van der Waals surface area contributed by atoms with Gasteiger partial charge in [-0.05, 0) is 242 Å². The quantitative estimate of drug-likeness (QED) is 0.0202. The van der Waals surface area contributed by atoms with E-state index in [9.17, 15) is 93.1 Å². The number of halogens is 12. The van der Waals surface area contributed by atoms with E-state index < -0.39 is 368 Å². The molecular formula is C111H120F12N12O6S3. The number of benzene rings is 9. The van der Waals surface area contributed by atoms with E-state index in [0.717, 1.165) is 106 Å². The lowest BCUT2D eigenvalue weighted by atomic mass is 9.98. The SMILES string of the molecule is [2H]C([2H])(Sc1nc(=O)c2c(n1C([2H])([2H])C(=O)N(CCN(CC)CC)C([2H])([2H])c1ccc(-c3ccc(C(F)(F)F)cc3)cc1)C([2H])([2H])C([2H])(C)C2([2H])[2H])c1ccc(F)cc1.[2H]c1c([2H])c(C(F)(F)F)c([2H])c([2H])c1-c1c([2H])c([2H])c(C([2H])([2H])N(CCN(CC)CC)C(=O)C([2H])([2H])n2c(SC([2H])([2H])c3ccc(F)cc3)nc(=O)c3c2C([2H])([2H])C([2H])(C)C3([2H])[2H])c([2H])c1[2H].[2H]c1c([2H])c(C([2H])([2H])N(CCN(CC)CC)C(=O)C([2H])([2H])n2c(SC([2H])([2H])c3ccc(F)cc3)nc(=O)c3c2CCC3)c([2H])c([2H])c1-c1c([2H])c([2H])c(C(F)(F)F)c(C)c1[2H]. The third kappa shape index (κ3) is 29.5. The Labute approximate surface area is 905 Å². The van der Waals surface area contributed by atoms with Gasteiger partial charge in [-0.15, -0.1) is 0 Å². The van der Waals surface area contributed by atoms with Crippen LogP contribution in [-0.4, -0.2) is 154 Å². The van der Waals surface area contributed by atoms with Gasteiger partial charge >= 0.3 is 18.5 Å². The minimum atomic E-state index is -5.41. The maximum atomic E-state index is 15.1. The molecule has 144 heavy (non-hydrogen) atoms. The van der Waals surface area contributed by atoms with Gasteiger partial charge in [0.1, 0.15) is 36.9 Å². The molecule has 0 N–H and O–H groups in total. The predicted molar refractivity (Wildman–Crippen MR) is 544 cm³/mol. The van der Waals surface area contributed by atoms with Crippen LogP contribution in [0.15, 0.2) is 242 Å². The van der Waals surface area contributed by atoms with Crippen LogP contribution in [0.25, 0.3) is 33.4 Å². The molecule has 33 heteroatoms. The molecule has 2 unspecified atom stereocenters. The van der Waals surface area contributed by atoms with E-state index >= 15 is 4.79 Å². The van der Waals surface area contributed by atoms with Crippen molar-refractivity contribution in [3.8, 4) is 33.4 Å². The summed E-state index contributed by atoms with van der Waals surface area (Å²) in [6.07, 6.45) is -27.8. The summed E-state index contributed by atoms with van der Waals surface area (Å²) in [6, 6.07) is 1.58. The van der Waals surface area contributed by atoms with Gasteiger partial charge in [0.25, 0.3) is 16.7 Å². The lowest BCUT2D eigenvalue weighted by Gasteiger charge is -2.28. The van der Waals surface area contributed by atoms with Crippen LogP contribution in [0.1, 0.15) is 210 Å². The molecule has 762 valence electrons. The Hall–Kier alpha value is -11.9. The molecule has 3 heterocycles. The van der Waals surface area contributed by atoms with Crippen molar-refractivity contribution in [3.05, 3.63) is 350 Å². The number of rotatable bonds is 39. The van der Waals surface area contributed by atoms with Gasteiger partial charge in [-0.3, -0.25) is 28.8 Å². The molecule has 9 aromatic carbocycles. The van der Waals surface area contributed by atoms with Gasteiger partial charge in [-0.1, -0.05) is 236 Å². The Kier molecular flexibility index (Phi) is 22.7. The van der Waals surface area contributed by atoms with E-state index in [2.05, 4.69) is 15.0 Å². The Bertz CT molecular complexity index is 8920. The van der Waals surface area contributed by atoms with E-state index in [1.807, 2.05) is 0 Å². The molecule has 0 saturated heterocycles. The third-order valence-electron chi connectivity index (χ3n) is 21.9. The lowest BCUT2D eigenvalue weighted by Crippen LogP contribution is -2.40. The fraction of sp³-hybridized carbons (Fsp3) is 0.378. The van der Waals surface area contributed by atoms with Crippen LogP contribution in [-0.2, 0) is 127 Å². The van der Waals surface area contributed by atoms with Crippen molar-refractivity contribution in [2.24, 2.45) is 11.8 Å². The van der Waals surface area contributed by atoms with Crippen molar-refractivity contribution in [3.63, 3.8) is 0 Å². The normalized spacial score (nSPS) is 21.5. The molecule has 18 nitrogen and oxygen atoms in total. The number of amides is 3. The number of carbonyl (C=O) groups is 3. The number of likely N-dealkylation sites (N-methyl/N-ethyl adjacent to an activating group) is 3. The van der Waals surface area contributed by atoms with E-state index in [1.165, 1.54) is 36.4 Å². The number of thioether (sulfide) groups is 3. The van der Waals surface area contributed by atoms with Gasteiger partial charge in [0.05, 0.1) is 53.7 Å². The second kappa shape index (κ2) is 50.3. The van der Waals surface area contributed by atoms with Crippen molar-refractivity contribution in [1.29, 1.82) is 0 Å². The number of alkyl halides is 9. The zero-order valence-electron chi connectivity index (χ0n) is 121. The molecule has 0 saturated carbocycles. The van der Waals surface area contributed by atoms with Crippen LogP contribution in [0.4, 0.5) is 52.7 Å². The highest BCUT2D eigenvalue weighted by atomic mass is 32.2. The zero-order chi connectivity index (χ0) is 141. The van der Waals surface area contributed by atoms with Crippen LogP contribution >= 0.6 is 35.3 Å². The molecule has 2 atom stereocenters. The molecule has 0 spiro atoms. The molecule has 15 rings (SSSR count). The standard InChI is InChI=1S/3C37H40F4N4O2S/c2*1-4-43(5-2)18-19-44(22-26-6-10-28(11-7-26)29-12-14-30(15-13-29)37(39,40)41)34(46)23-45-33-21-25(3)20-32(33)35(47)42-36(45)48-24-27-8-16-31(38)17-9-27;1-4-43(5-2)19-20-44(22-26-9-13-28(14-10-26)29-15-18-32(25(3)21-29)37(39,40)41)34(46)23-45-33-8-6-7-31(33)35(47)42-36(45)48-24-27-11-16-30(38)17-12-27/h2*6-17,25H,4-5,18-24H2,1-3H3;9-18,21H,4-8,19-20,22-24H2,1-3H3/i6D,7D,10D,11D,12D,13D,14D,15D,20D2,21D2,22D2,23D2,24D2,25D;20D2,21D2,22D2,23D2,24D2,25D;9D,10D,13D,14D,15D,18D,21D,22D2,23D2,24D2. The molecule has 0 fully saturated rings. The maximum Gasteiger partial charge on any atom is 0.416 e. The smallest absolute Gasteiger partial charge is 0.336 e. The van der Waals surface area contributed by atoms with Gasteiger partial charge in [-0.25, -0.2) is 13.2 Å². The summed E-state index contributed by atoms with van der Waals surface area (Å²) < 4.78 is 546. The molecule has 3 amide bonds. The highest BCUT2D eigenvalue weighted by Crippen LogP contribution is 2.39. The average molecular weight is 2090 g/mol. The van der Waals surface area contributed by atoms with E-state index in [4.69, 9.17) is 42.5 Å². The van der Waals surface area contributed by atoms with Gasteiger partial charge in [-0.2, -0.15) is 54.5 Å². The average Bonchev–Trinajstić information content (AvgIpc) is 1.52. The van der Waals surface area contributed by atoms with Crippen molar-refractivity contribution in [2.45, 2.75) is 197 Å². The number of aromatic nitrogens is 6. The molecular weight excluding hydrogens is 1920 g/mol. The monoisotopic (exact) mass is 2080 g/mol. The molecule has 0 bridgehead atoms. The summed E-state index contributed by atoms with van der Waals surface area (Å²) in [7, 11) is 0. The van der Waals surface area contributed by atoms with Crippen LogP contribution < -0.4 is 16.7 Å². The van der Waals surface area contributed by atoms with Crippen LogP contribution in [0.5, 0.6) is 0 Å². The molecule has 0 aliphatic heterocycles. The van der Waals surface area contributed by atoms with Crippen LogP contribution in [0.2, 0.25) is 0 Å². The third-order valence-corrected chi connectivity index (χ3v) is 24.3. The van der Waals surface area contributed by atoms with Gasteiger partial charge in [0.15, 0.2) is 15.5 Å². The second-order valence-electron chi connectivity index (χ2n) is 31.5. The van der Waals surface area contributed by atoms with Gasteiger partial charge in [0, 0.05) is 132 Å². The first-order valence-electron chi connectivity index (χ1n) is 66.0. The van der Waals surface area contributed by atoms with E-state index in [0.29, 0.717) is 58.1 Å². The fourth-order valence-electron chi connectivity index (χ4n) is 14.1. The first-order chi connectivity index (χ1) is 85.6. The number of hydrogen-bond donors (Lipinski definition) is 0. The number of hydrogen-bond acceptors (Lipinski definition) is 15. The summed E-state index contributed by atoms with van der Waals surface area (Å²) in [4.78, 5) is 103. The number of carbonyl (C=O) groups excluding carboxylic acids is 3. The Balaban J connectivity index is 0.000000227. The Morgan fingerprint density at radius 3 is 1.06 bits per heavy atom. The Morgan fingerprint density at radius 1 is 0.382 bits per heavy atom. The summed E-state index contributed by atoms with van der Waals surface area (Å²) in [6.45, 7) is -8.71. The minimum Gasteiger partial charge on any atom is -0.336 e. The Morgan fingerprint density at radius 2 is 0.701 bits per heavy atom. The highest BCUT2D eigenvalue weighted by molar-refractivity contribution is 7.98. The molecule has 12 aromatic rings. The molecule has 3 aliphatic rings. The first-order valence-corrected chi connectivity index (χ1v) is 47.0. The predicted octanol–water partition coefficient (Wildman–Crippen LogP) is 22.5. The number of nitrogens with zero attached hydrogens (tertiary/aromatic N) is 12.